The highest BCUT2D eigenvalue weighted by Crippen LogP contribution is 2.22. The largest absolute Gasteiger partial charge is 0.381 e. The van der Waals surface area contributed by atoms with Crippen LogP contribution in [0, 0.1) is 14.3 Å². The maximum absolute atomic E-state index is 5.44. The topological polar surface area (TPSA) is 29.9 Å². The molecule has 0 spiro atoms. The number of benzene rings is 1. The fraction of sp³-hybridized carbons (Fsp3) is 0.462. The smallest absolute Gasteiger partial charge is 0.178 e. The third-order valence-corrected chi connectivity index (χ3v) is 4.51. The van der Waals surface area contributed by atoms with Gasteiger partial charge < -0.3 is 14.3 Å². The first-order chi connectivity index (χ1) is 8.74. The molecule has 3 nitrogen and oxygen atoms in total. The molecule has 96 valence electrons. The first kappa shape index (κ1) is 12.6. The number of nitrogens with one attached hydrogen (secondary N) is 1. The quantitative estimate of drug-likeness (QED) is 0.641. The molecule has 0 saturated carbocycles. The van der Waals surface area contributed by atoms with Gasteiger partial charge in [0.05, 0.1) is 11.0 Å². The van der Waals surface area contributed by atoms with Gasteiger partial charge in [-0.25, -0.2) is 0 Å². The maximum Gasteiger partial charge on any atom is 0.178 e. The SMILES string of the molecule is S=c1[nH]c2cc(I)ccc2n1CC1CCOCC1. The molecule has 0 radical (unpaired) electrons. The van der Waals surface area contributed by atoms with Crippen molar-refractivity contribution in [1.29, 1.82) is 0 Å². The van der Waals surface area contributed by atoms with Crippen LogP contribution in [0.15, 0.2) is 18.2 Å². The predicted octanol–water partition coefficient (Wildman–Crippen LogP) is 3.73. The summed E-state index contributed by atoms with van der Waals surface area (Å²) >= 11 is 7.76. The van der Waals surface area contributed by atoms with Crippen molar-refractivity contribution >= 4 is 45.8 Å². The number of rotatable bonds is 2. The van der Waals surface area contributed by atoms with Crippen molar-refractivity contribution in [1.82, 2.24) is 9.55 Å². The Morgan fingerprint density at radius 1 is 1.39 bits per heavy atom. The molecule has 1 N–H and O–H groups in total. The van der Waals surface area contributed by atoms with E-state index in [4.69, 9.17) is 17.0 Å². The molecule has 0 unspecified atom stereocenters. The van der Waals surface area contributed by atoms with Gasteiger partial charge in [-0.1, -0.05) is 0 Å². The van der Waals surface area contributed by atoms with Crippen molar-refractivity contribution in [3.8, 4) is 0 Å². The number of hydrogen-bond donors (Lipinski definition) is 1. The van der Waals surface area contributed by atoms with Crippen LogP contribution in [0.3, 0.4) is 0 Å². The van der Waals surface area contributed by atoms with E-state index in [2.05, 4.69) is 50.3 Å². The fourth-order valence-corrected chi connectivity index (χ4v) is 3.28. The molecular weight excluding hydrogens is 359 g/mol. The molecular formula is C13H15IN2OS. The second kappa shape index (κ2) is 5.30. The zero-order valence-electron chi connectivity index (χ0n) is 9.99. The second-order valence-corrected chi connectivity index (χ2v) is 6.39. The molecule has 2 heterocycles. The number of halogens is 1. The van der Waals surface area contributed by atoms with E-state index in [1.54, 1.807) is 0 Å². The Bertz CT molecular complexity index is 613. The molecule has 5 heteroatoms. The first-order valence-electron chi connectivity index (χ1n) is 6.20. The second-order valence-electron chi connectivity index (χ2n) is 4.76. The van der Waals surface area contributed by atoms with Gasteiger partial charge in [0.2, 0.25) is 0 Å². The Morgan fingerprint density at radius 3 is 2.94 bits per heavy atom. The number of fused-ring (bicyclic) bond motifs is 1. The third kappa shape index (κ3) is 2.48. The standard InChI is InChI=1S/C13H15IN2OS/c14-10-1-2-12-11(7-10)15-13(18)16(12)8-9-3-5-17-6-4-9/h1-2,7,9H,3-6,8H2,(H,15,18). The minimum Gasteiger partial charge on any atom is -0.381 e. The summed E-state index contributed by atoms with van der Waals surface area (Å²) in [4.78, 5) is 3.30. The average Bonchev–Trinajstić information content (AvgIpc) is 2.66. The summed E-state index contributed by atoms with van der Waals surface area (Å²) in [5.41, 5.74) is 2.35. The molecule has 0 amide bonds. The Kier molecular flexibility index (Phi) is 3.72. The molecule has 1 aliphatic heterocycles. The fourth-order valence-electron chi connectivity index (χ4n) is 2.50. The van der Waals surface area contributed by atoms with E-state index in [-0.39, 0.29) is 0 Å². The molecule has 0 aliphatic carbocycles. The normalized spacial score (nSPS) is 17.4. The predicted molar refractivity (Wildman–Crippen MR) is 83.4 cm³/mol. The zero-order valence-corrected chi connectivity index (χ0v) is 13.0. The highest BCUT2D eigenvalue weighted by Gasteiger charge is 2.16. The van der Waals surface area contributed by atoms with Gasteiger partial charge in [-0.05, 0) is 71.8 Å². The summed E-state index contributed by atoms with van der Waals surface area (Å²) in [5, 5.41) is 0. The van der Waals surface area contributed by atoms with E-state index >= 15 is 0 Å². The number of H-pyrrole nitrogens is 1. The van der Waals surface area contributed by atoms with Crippen LogP contribution in [0.2, 0.25) is 0 Å². The highest BCUT2D eigenvalue weighted by molar-refractivity contribution is 14.1. The van der Waals surface area contributed by atoms with Crippen LogP contribution in [-0.2, 0) is 11.3 Å². The summed E-state index contributed by atoms with van der Waals surface area (Å²) in [6.07, 6.45) is 2.28. The summed E-state index contributed by atoms with van der Waals surface area (Å²) in [5.74, 6) is 0.684. The van der Waals surface area contributed by atoms with Gasteiger partial charge in [0.15, 0.2) is 4.77 Å². The molecule has 1 saturated heterocycles. The van der Waals surface area contributed by atoms with Gasteiger partial charge in [-0.2, -0.15) is 0 Å². The average molecular weight is 374 g/mol. The molecule has 2 aromatic rings. The van der Waals surface area contributed by atoms with Crippen molar-refractivity contribution in [3.63, 3.8) is 0 Å². The van der Waals surface area contributed by atoms with E-state index in [9.17, 15) is 0 Å². The van der Waals surface area contributed by atoms with Gasteiger partial charge >= 0.3 is 0 Å². The zero-order chi connectivity index (χ0) is 12.5. The Labute approximate surface area is 125 Å². The van der Waals surface area contributed by atoms with E-state index < -0.39 is 0 Å². The summed E-state index contributed by atoms with van der Waals surface area (Å²) < 4.78 is 9.70. The van der Waals surface area contributed by atoms with E-state index in [0.29, 0.717) is 5.92 Å². The molecule has 3 rings (SSSR count). The monoisotopic (exact) mass is 374 g/mol. The summed E-state index contributed by atoms with van der Waals surface area (Å²) in [6.45, 7) is 2.78. The van der Waals surface area contributed by atoms with Crippen molar-refractivity contribution in [2.24, 2.45) is 5.92 Å². The van der Waals surface area contributed by atoms with Gasteiger partial charge in [-0.15, -0.1) is 0 Å². The molecule has 0 bridgehead atoms. The van der Waals surface area contributed by atoms with Crippen LogP contribution in [-0.4, -0.2) is 22.8 Å². The van der Waals surface area contributed by atoms with E-state index in [0.717, 1.165) is 42.9 Å². The third-order valence-electron chi connectivity index (χ3n) is 3.52. The Balaban J connectivity index is 1.95. The summed E-state index contributed by atoms with van der Waals surface area (Å²) in [7, 11) is 0. The molecule has 0 atom stereocenters. The molecule has 1 fully saturated rings. The lowest BCUT2D eigenvalue weighted by atomic mass is 10.0. The van der Waals surface area contributed by atoms with Crippen molar-refractivity contribution < 1.29 is 4.74 Å². The number of ether oxygens (including phenoxy) is 1. The number of aromatic amines is 1. The van der Waals surface area contributed by atoms with Crippen molar-refractivity contribution in [2.45, 2.75) is 19.4 Å². The Hall–Kier alpha value is -0.400. The Morgan fingerprint density at radius 2 is 2.17 bits per heavy atom. The van der Waals surface area contributed by atoms with E-state index in [1.165, 1.54) is 9.09 Å². The maximum atomic E-state index is 5.44. The molecule has 1 aromatic carbocycles. The van der Waals surface area contributed by atoms with Crippen LogP contribution in [0.1, 0.15) is 12.8 Å². The highest BCUT2D eigenvalue weighted by atomic mass is 127. The molecule has 18 heavy (non-hydrogen) atoms. The van der Waals surface area contributed by atoms with Crippen LogP contribution in [0.5, 0.6) is 0 Å². The lowest BCUT2D eigenvalue weighted by Gasteiger charge is -2.22. The lowest BCUT2D eigenvalue weighted by molar-refractivity contribution is 0.0615. The minimum absolute atomic E-state index is 0.684. The van der Waals surface area contributed by atoms with Crippen LogP contribution in [0.4, 0.5) is 0 Å². The minimum atomic E-state index is 0.684. The number of hydrogen-bond acceptors (Lipinski definition) is 2. The van der Waals surface area contributed by atoms with Crippen molar-refractivity contribution in [2.75, 3.05) is 13.2 Å². The lowest BCUT2D eigenvalue weighted by Crippen LogP contribution is -2.20. The summed E-state index contributed by atoms with van der Waals surface area (Å²) in [6, 6.07) is 6.43. The number of nitrogens with zero attached hydrogens (tertiary/aromatic N) is 1. The van der Waals surface area contributed by atoms with Crippen LogP contribution in [0.25, 0.3) is 11.0 Å². The van der Waals surface area contributed by atoms with Gasteiger partial charge in [0.25, 0.3) is 0 Å². The number of imidazole rings is 1. The van der Waals surface area contributed by atoms with Gasteiger partial charge in [0.1, 0.15) is 0 Å². The first-order valence-corrected chi connectivity index (χ1v) is 7.68. The van der Waals surface area contributed by atoms with Crippen molar-refractivity contribution in [3.05, 3.63) is 26.5 Å². The van der Waals surface area contributed by atoms with Crippen LogP contribution < -0.4 is 0 Å². The number of aromatic nitrogens is 2. The molecule has 1 aliphatic rings. The van der Waals surface area contributed by atoms with Gasteiger partial charge in [-0.3, -0.25) is 0 Å². The van der Waals surface area contributed by atoms with E-state index in [1.807, 2.05) is 0 Å². The van der Waals surface area contributed by atoms with Gasteiger partial charge in [0, 0.05) is 23.3 Å². The molecule has 1 aromatic heterocycles. The van der Waals surface area contributed by atoms with Crippen LogP contribution >= 0.6 is 34.8 Å².